The van der Waals surface area contributed by atoms with Crippen molar-refractivity contribution in [2.24, 2.45) is 0 Å². The van der Waals surface area contributed by atoms with Crippen molar-refractivity contribution < 1.29 is 58.9 Å². The van der Waals surface area contributed by atoms with E-state index in [0.717, 1.165) is 0 Å². The molecule has 0 spiro atoms. The summed E-state index contributed by atoms with van der Waals surface area (Å²) in [6.45, 7) is 0. The number of hydrogen-bond donors (Lipinski definition) is 0. The van der Waals surface area contributed by atoms with Crippen LogP contribution in [0.15, 0.2) is 0 Å². The second-order valence-corrected chi connectivity index (χ2v) is 0. The zero-order valence-corrected chi connectivity index (χ0v) is 8.65. The summed E-state index contributed by atoms with van der Waals surface area (Å²) in [7, 11) is 0. The van der Waals surface area contributed by atoms with Gasteiger partial charge in [0.1, 0.15) is 0 Å². The topological polar surface area (TPSA) is 0 Å². The molecule has 5 heteroatoms. The smallest absolute Gasteiger partial charge is 0 e. The molecule has 0 aliphatic heterocycles. The zero-order chi connectivity index (χ0) is 2.00. The van der Waals surface area contributed by atoms with Crippen LogP contribution in [0.2, 0.25) is 0 Å². The second-order valence-electron chi connectivity index (χ2n) is 0. The first-order valence-electron chi connectivity index (χ1n) is 0.167. The molecule has 1 radical (unpaired) electrons. The van der Waals surface area contributed by atoms with Crippen LogP contribution in [0.1, 0.15) is 0 Å². The Hall–Kier alpha value is 2.58. The van der Waals surface area contributed by atoms with E-state index in [-0.39, 0.29) is 58.9 Å². The average molecular weight is 315 g/mol. The molecular weight excluding hydrogens is 315 g/mol. The fourth-order valence-electron chi connectivity index (χ4n) is 0. The molecule has 0 aliphatic rings. The van der Waals surface area contributed by atoms with Crippen molar-refractivity contribution in [2.75, 3.05) is 0 Å². The van der Waals surface area contributed by atoms with Gasteiger partial charge in [-0.25, -0.2) is 0 Å². The molecule has 0 aromatic carbocycles. The van der Waals surface area contributed by atoms with Crippen molar-refractivity contribution in [1.82, 2.24) is 0 Å². The van der Waals surface area contributed by atoms with Gasteiger partial charge in [0.15, 0.2) is 0 Å². The first kappa shape index (κ1) is 25.6. The largest absolute Gasteiger partial charge is 1.00 e. The van der Waals surface area contributed by atoms with E-state index in [9.17, 15) is 0 Å². The van der Waals surface area contributed by atoms with E-state index in [4.69, 9.17) is 0 Å². The Morgan fingerprint density at radius 2 is 0.800 bits per heavy atom. The summed E-state index contributed by atoms with van der Waals surface area (Å²) in [6, 6.07) is 0. The van der Waals surface area contributed by atoms with E-state index in [0.29, 0.717) is 0 Å². The Bertz CT molecular complexity index is 7.61. The predicted octanol–water partition coefficient (Wildman–Crippen LogP) is -0.0123. The molecule has 0 fully saturated rings. The van der Waals surface area contributed by atoms with Crippen molar-refractivity contribution >= 4 is 23.3 Å². The van der Waals surface area contributed by atoms with Crippen molar-refractivity contribution in [3.63, 3.8) is 0 Å². The summed E-state index contributed by atoms with van der Waals surface area (Å²) >= 11 is 7.33. The van der Waals surface area contributed by atoms with E-state index in [2.05, 4.69) is 23.3 Å². The predicted molar refractivity (Wildman–Crippen MR) is 14.7 cm³/mol. The summed E-state index contributed by atoms with van der Waals surface area (Å²) in [4.78, 5) is 0. The molecule has 0 rings (SSSR count). The van der Waals surface area contributed by atoms with Gasteiger partial charge in [0.2, 0.25) is 0 Å². The third kappa shape index (κ3) is 20.7. The minimum atomic E-state index is 0. The van der Waals surface area contributed by atoms with Crippen molar-refractivity contribution in [2.45, 2.75) is 0 Å². The van der Waals surface area contributed by atoms with Gasteiger partial charge in [-0.2, -0.15) is 0 Å². The van der Waals surface area contributed by atoms with Gasteiger partial charge in [-0.1, -0.05) is 0 Å². The second kappa shape index (κ2) is 30.8. The Morgan fingerprint density at radius 1 is 0.800 bits per heavy atom. The van der Waals surface area contributed by atoms with Crippen molar-refractivity contribution in [3.8, 4) is 0 Å². The number of hydrogen-bond acceptors (Lipinski definition) is 2. The molecule has 0 atom stereocenters. The van der Waals surface area contributed by atoms with Gasteiger partial charge in [-0.05, 0) is 0 Å². The van der Waals surface area contributed by atoms with E-state index in [1.165, 1.54) is 0 Å². The maximum Gasteiger partial charge on any atom is 0 e. The van der Waals surface area contributed by atoms with E-state index in [1.54, 1.807) is 0 Å². The van der Waals surface area contributed by atoms with Gasteiger partial charge in [-0.3, -0.25) is 0 Å². The van der Waals surface area contributed by atoms with E-state index >= 15 is 0 Å². The maximum atomic E-state index is 3.67. The molecule has 5 heavy (non-hydrogen) atoms. The van der Waals surface area contributed by atoms with Crippen molar-refractivity contribution in [1.29, 1.82) is 0 Å². The fourth-order valence-corrected chi connectivity index (χ4v) is 0. The molecule has 0 amide bonds. The molecule has 0 aliphatic carbocycles. The third-order valence-electron chi connectivity index (χ3n) is 0. The first-order chi connectivity index (χ1) is 1.00. The molecule has 0 saturated heterocycles. The Kier molecular flexibility index (Phi) is 157. The van der Waals surface area contributed by atoms with Gasteiger partial charge < -0.3 is 23.3 Å². The summed E-state index contributed by atoms with van der Waals surface area (Å²) in [5.41, 5.74) is 0. The van der Waals surface area contributed by atoms with E-state index in [1.807, 2.05) is 0 Å². The molecule has 0 saturated carbocycles. The fraction of sp³-hybridized carbons (Fsp3) is 0. The van der Waals surface area contributed by atoms with Crippen LogP contribution in [0.25, 0.3) is 0 Å². The van der Waals surface area contributed by atoms with Gasteiger partial charge in [0.05, 0.1) is 0 Å². The average Bonchev–Trinajstić information content (AvgIpc) is 1.00. The van der Waals surface area contributed by atoms with Crippen LogP contribution >= 0.6 is 0 Å². The van der Waals surface area contributed by atoms with Crippen LogP contribution in [0.5, 0.6) is 0 Å². The monoisotopic (exact) mass is 319 g/mol. The molecule has 0 heterocycles. The molecule has 0 unspecified atom stereocenters. The molecule has 35 valence electrons. The van der Waals surface area contributed by atoms with Gasteiger partial charge in [0, 0.05) is 58.9 Å². The summed E-state index contributed by atoms with van der Waals surface area (Å²) in [5, 5.41) is 0. The van der Waals surface area contributed by atoms with E-state index < -0.39 is 0 Å². The Balaban J connectivity index is -0.00000000167. The van der Waals surface area contributed by atoms with Crippen molar-refractivity contribution in [3.05, 3.63) is 0 Å². The Labute approximate surface area is 81.2 Å². The minimum absolute atomic E-state index is 0. The van der Waals surface area contributed by atoms with Gasteiger partial charge in [-0.15, -0.1) is 0 Å². The Morgan fingerprint density at radius 3 is 0.800 bits per heavy atom. The normalized spacial score (nSPS) is 1.20. The minimum Gasteiger partial charge on any atom is -1.00 e. The molecule has 0 N–H and O–H groups in total. The summed E-state index contributed by atoms with van der Waals surface area (Å²) < 4.78 is 0. The molecule has 0 aromatic heterocycles. The molecule has 0 bridgehead atoms. The summed E-state index contributed by atoms with van der Waals surface area (Å²) in [6.07, 6.45) is 0. The van der Waals surface area contributed by atoms with Crippen LogP contribution in [0.4, 0.5) is 0 Å². The van der Waals surface area contributed by atoms with Gasteiger partial charge >= 0.3 is 0 Å². The van der Waals surface area contributed by atoms with Crippen LogP contribution in [-0.2, 0) is 82.2 Å². The molecular formula is CoMo2S2-2. The zero-order valence-electron chi connectivity index (χ0n) is 1.97. The third-order valence-corrected chi connectivity index (χ3v) is 0. The quantitative estimate of drug-likeness (QED) is 0.350. The van der Waals surface area contributed by atoms with Crippen LogP contribution in [0.3, 0.4) is 0 Å². The summed E-state index contributed by atoms with van der Waals surface area (Å²) in [5.74, 6) is 0. The maximum absolute atomic E-state index is 3.67. The number of rotatable bonds is 0. The standard InChI is InChI=1S/Co.2Mo.S2/c;;;1-2/q;;;-2. The SMILES string of the molecule is [Co].[Mo].[Mo].[S-][S-]. The molecule has 0 aromatic rings. The molecule has 0 nitrogen and oxygen atoms in total. The van der Waals surface area contributed by atoms with Crippen LogP contribution in [-0.4, -0.2) is 0 Å². The van der Waals surface area contributed by atoms with Crippen LogP contribution in [0, 0.1) is 0 Å². The van der Waals surface area contributed by atoms with Crippen LogP contribution < -0.4 is 0 Å². The first-order valence-corrected chi connectivity index (χ1v) is 1.50. The van der Waals surface area contributed by atoms with Gasteiger partial charge in [0.25, 0.3) is 0 Å².